The van der Waals surface area contributed by atoms with Gasteiger partial charge in [-0.3, -0.25) is 0 Å². The van der Waals surface area contributed by atoms with Gasteiger partial charge >= 0.3 is 0 Å². The van der Waals surface area contributed by atoms with Crippen molar-refractivity contribution in [1.29, 1.82) is 0 Å². The predicted molar refractivity (Wildman–Crippen MR) is 106 cm³/mol. The molecule has 23 heavy (non-hydrogen) atoms. The SMILES string of the molecule is C[Si](C)(C)N[Si](C1=CC=CC1)(c1ccccc1)c1ccccc1. The molecule has 0 heterocycles. The second-order valence-electron chi connectivity index (χ2n) is 7.18. The maximum atomic E-state index is 4.21. The second kappa shape index (κ2) is 6.44. The van der Waals surface area contributed by atoms with Gasteiger partial charge in [-0.25, -0.2) is 0 Å². The molecule has 1 N–H and O–H groups in total. The molecule has 0 spiro atoms. The third kappa shape index (κ3) is 3.32. The van der Waals surface area contributed by atoms with Gasteiger partial charge in [0.1, 0.15) is 8.24 Å². The second-order valence-corrected chi connectivity index (χ2v) is 16.0. The number of rotatable bonds is 5. The maximum Gasteiger partial charge on any atom is 0.212 e. The van der Waals surface area contributed by atoms with Crippen molar-refractivity contribution in [3.8, 4) is 0 Å². The normalized spacial score (nSPS) is 14.8. The van der Waals surface area contributed by atoms with Gasteiger partial charge in [0.2, 0.25) is 8.24 Å². The lowest BCUT2D eigenvalue weighted by Crippen LogP contribution is -2.75. The first-order chi connectivity index (χ1) is 11.0. The number of nitrogens with one attached hydrogen (secondary N) is 1. The van der Waals surface area contributed by atoms with Crippen LogP contribution in [0.2, 0.25) is 19.6 Å². The molecule has 0 saturated heterocycles. The van der Waals surface area contributed by atoms with Gasteiger partial charge in [-0.05, 0) is 16.8 Å². The van der Waals surface area contributed by atoms with Crippen LogP contribution in [0.1, 0.15) is 6.42 Å². The Morgan fingerprint density at radius 3 is 1.70 bits per heavy atom. The van der Waals surface area contributed by atoms with E-state index >= 15 is 0 Å². The summed E-state index contributed by atoms with van der Waals surface area (Å²) >= 11 is 0. The van der Waals surface area contributed by atoms with Gasteiger partial charge in [-0.15, -0.1) is 0 Å². The third-order valence-corrected chi connectivity index (χ3v) is 12.5. The van der Waals surface area contributed by atoms with E-state index in [2.05, 4.69) is 103 Å². The molecule has 1 nitrogen and oxygen atoms in total. The molecule has 0 unspecified atom stereocenters. The summed E-state index contributed by atoms with van der Waals surface area (Å²) in [6, 6.07) is 22.2. The van der Waals surface area contributed by atoms with E-state index in [1.165, 1.54) is 10.4 Å². The standard InChI is InChI=1S/C20H25NSi2/c1-22(2,3)21-23(20-16-10-11-17-20,18-12-6-4-7-13-18)19-14-8-5-9-15-19/h4-16,21H,17H2,1-3H3. The van der Waals surface area contributed by atoms with Gasteiger partial charge in [0.25, 0.3) is 0 Å². The Morgan fingerprint density at radius 1 is 0.783 bits per heavy atom. The molecule has 0 amide bonds. The smallest absolute Gasteiger partial charge is 0.212 e. The van der Waals surface area contributed by atoms with Crippen molar-refractivity contribution in [2.45, 2.75) is 26.1 Å². The average molecular weight is 336 g/mol. The summed E-state index contributed by atoms with van der Waals surface area (Å²) < 4.78 is 4.21. The summed E-state index contributed by atoms with van der Waals surface area (Å²) in [5.74, 6) is 0. The minimum atomic E-state index is -2.14. The van der Waals surface area contributed by atoms with E-state index in [-0.39, 0.29) is 0 Å². The van der Waals surface area contributed by atoms with Crippen LogP contribution >= 0.6 is 0 Å². The van der Waals surface area contributed by atoms with E-state index in [1.54, 1.807) is 5.20 Å². The van der Waals surface area contributed by atoms with E-state index in [0.717, 1.165) is 6.42 Å². The van der Waals surface area contributed by atoms with Gasteiger partial charge in [0, 0.05) is 0 Å². The summed E-state index contributed by atoms with van der Waals surface area (Å²) in [4.78, 5) is 0. The van der Waals surface area contributed by atoms with Crippen molar-refractivity contribution in [3.63, 3.8) is 0 Å². The zero-order valence-electron chi connectivity index (χ0n) is 14.2. The van der Waals surface area contributed by atoms with Gasteiger partial charge in [-0.1, -0.05) is 104 Å². The molecule has 1 aliphatic rings. The minimum Gasteiger partial charge on any atom is -0.349 e. The Balaban J connectivity index is 2.25. The molecule has 3 heteroatoms. The van der Waals surface area contributed by atoms with Crippen molar-refractivity contribution in [3.05, 3.63) is 84.1 Å². The molecule has 0 aromatic heterocycles. The summed E-state index contributed by atoms with van der Waals surface area (Å²) in [5.41, 5.74) is 0. The zero-order valence-corrected chi connectivity index (χ0v) is 16.2. The van der Waals surface area contributed by atoms with Crippen molar-refractivity contribution in [2.75, 3.05) is 0 Å². The highest BCUT2D eigenvalue weighted by atomic mass is 28.4. The largest absolute Gasteiger partial charge is 0.349 e. The Morgan fingerprint density at radius 2 is 1.30 bits per heavy atom. The molecule has 2 aromatic rings. The fourth-order valence-corrected chi connectivity index (χ4v) is 13.0. The predicted octanol–water partition coefficient (Wildman–Crippen LogP) is 3.60. The van der Waals surface area contributed by atoms with Crippen molar-refractivity contribution in [2.24, 2.45) is 0 Å². The quantitative estimate of drug-likeness (QED) is 0.823. The Bertz CT molecular complexity index is 673. The molecule has 0 atom stereocenters. The first-order valence-corrected chi connectivity index (χ1v) is 13.8. The minimum absolute atomic E-state index is 1.06. The molecule has 1 aliphatic carbocycles. The van der Waals surface area contributed by atoms with Gasteiger partial charge in [0.05, 0.1) is 0 Å². The summed E-state index contributed by atoms with van der Waals surface area (Å²) in [6.07, 6.45) is 7.91. The molecule has 3 rings (SSSR count). The fraction of sp³-hybridized carbons (Fsp3) is 0.200. The highest BCUT2D eigenvalue weighted by molar-refractivity contribution is 7.11. The molecular weight excluding hydrogens is 310 g/mol. The van der Waals surface area contributed by atoms with Gasteiger partial charge < -0.3 is 4.65 Å². The lowest BCUT2D eigenvalue weighted by atomic mass is 10.4. The molecule has 118 valence electrons. The highest BCUT2D eigenvalue weighted by Crippen LogP contribution is 2.23. The van der Waals surface area contributed by atoms with Crippen molar-refractivity contribution >= 4 is 26.8 Å². The number of hydrogen-bond donors (Lipinski definition) is 1. The topological polar surface area (TPSA) is 12.0 Å². The van der Waals surface area contributed by atoms with Gasteiger partial charge in [0.15, 0.2) is 0 Å². The Labute approximate surface area is 141 Å². The molecule has 0 fully saturated rings. The van der Waals surface area contributed by atoms with Crippen LogP contribution in [-0.2, 0) is 0 Å². The van der Waals surface area contributed by atoms with Crippen LogP contribution < -0.4 is 15.0 Å². The lowest BCUT2D eigenvalue weighted by molar-refractivity contribution is 1.27. The molecule has 0 saturated carbocycles. The number of benzene rings is 2. The fourth-order valence-electron chi connectivity index (χ4n) is 3.43. The molecule has 0 bridgehead atoms. The van der Waals surface area contributed by atoms with Gasteiger partial charge in [-0.2, -0.15) is 0 Å². The zero-order chi connectivity index (χ0) is 16.3. The summed E-state index contributed by atoms with van der Waals surface area (Å²) in [7, 11) is -3.62. The van der Waals surface area contributed by atoms with E-state index < -0.39 is 16.5 Å². The Kier molecular flexibility index (Phi) is 4.53. The highest BCUT2D eigenvalue weighted by Gasteiger charge is 2.44. The molecule has 0 aliphatic heterocycles. The Hall–Kier alpha value is -1.69. The van der Waals surface area contributed by atoms with Crippen LogP contribution in [0.25, 0.3) is 0 Å². The number of allylic oxidation sites excluding steroid dienone is 4. The van der Waals surface area contributed by atoms with Crippen LogP contribution in [0.3, 0.4) is 0 Å². The molecule has 2 aromatic carbocycles. The first kappa shape index (κ1) is 16.2. The maximum absolute atomic E-state index is 4.21. The first-order valence-electron chi connectivity index (χ1n) is 8.29. The average Bonchev–Trinajstić information content (AvgIpc) is 3.08. The summed E-state index contributed by atoms with van der Waals surface area (Å²) in [6.45, 7) is 7.22. The van der Waals surface area contributed by atoms with E-state index in [1.807, 2.05) is 0 Å². The van der Waals surface area contributed by atoms with Crippen LogP contribution in [0.4, 0.5) is 0 Å². The van der Waals surface area contributed by atoms with Crippen LogP contribution in [0.5, 0.6) is 0 Å². The van der Waals surface area contributed by atoms with Crippen molar-refractivity contribution < 1.29 is 0 Å². The molecular formula is C20H25NSi2. The van der Waals surface area contributed by atoms with Crippen LogP contribution in [0.15, 0.2) is 84.1 Å². The van der Waals surface area contributed by atoms with E-state index in [4.69, 9.17) is 0 Å². The third-order valence-electron chi connectivity index (χ3n) is 4.23. The van der Waals surface area contributed by atoms with E-state index in [9.17, 15) is 0 Å². The lowest BCUT2D eigenvalue weighted by Gasteiger charge is -2.40. The van der Waals surface area contributed by atoms with Crippen molar-refractivity contribution in [1.82, 2.24) is 4.65 Å². The van der Waals surface area contributed by atoms with Crippen LogP contribution in [-0.4, -0.2) is 16.5 Å². The van der Waals surface area contributed by atoms with Crippen LogP contribution in [0, 0.1) is 0 Å². The monoisotopic (exact) mass is 335 g/mol. The molecule has 0 radical (unpaired) electrons. The number of hydrogen-bond acceptors (Lipinski definition) is 1. The van der Waals surface area contributed by atoms with E-state index in [0.29, 0.717) is 0 Å². The summed E-state index contributed by atoms with van der Waals surface area (Å²) in [5, 5.41) is 4.49.